The number of benzene rings is 2. The van der Waals surface area contributed by atoms with Crippen molar-refractivity contribution in [2.24, 2.45) is 0 Å². The number of anilines is 1. The highest BCUT2D eigenvalue weighted by Crippen LogP contribution is 2.22. The van der Waals surface area contributed by atoms with Crippen molar-refractivity contribution < 1.29 is 14.7 Å². The van der Waals surface area contributed by atoms with Gasteiger partial charge in [0.1, 0.15) is 6.54 Å². The number of aromatic carboxylic acids is 1. The molecule has 0 aliphatic rings. The van der Waals surface area contributed by atoms with Gasteiger partial charge >= 0.3 is 5.97 Å². The van der Waals surface area contributed by atoms with E-state index in [2.05, 4.69) is 10.4 Å². The van der Waals surface area contributed by atoms with Crippen LogP contribution in [0.4, 0.5) is 5.69 Å². The molecule has 0 unspecified atom stereocenters. The van der Waals surface area contributed by atoms with E-state index in [1.54, 1.807) is 12.1 Å². The molecule has 2 aromatic carbocycles. The summed E-state index contributed by atoms with van der Waals surface area (Å²) in [6, 6.07) is 12.2. The van der Waals surface area contributed by atoms with Crippen LogP contribution in [0, 0.1) is 0 Å². The zero-order valence-electron chi connectivity index (χ0n) is 15.7. The topological polar surface area (TPSA) is 101 Å². The van der Waals surface area contributed by atoms with Crippen LogP contribution in [0.1, 0.15) is 35.5 Å². The maximum Gasteiger partial charge on any atom is 0.357 e. The second kappa shape index (κ2) is 8.04. The Morgan fingerprint density at radius 2 is 1.61 bits per heavy atom. The summed E-state index contributed by atoms with van der Waals surface area (Å²) in [5.74, 6) is -1.69. The minimum Gasteiger partial charge on any atom is -0.476 e. The number of para-hydroxylation sites is 1. The van der Waals surface area contributed by atoms with Crippen molar-refractivity contribution in [3.05, 3.63) is 69.6 Å². The van der Waals surface area contributed by atoms with Gasteiger partial charge in [0.2, 0.25) is 5.91 Å². The molecule has 0 fully saturated rings. The third-order valence-electron chi connectivity index (χ3n) is 4.63. The van der Waals surface area contributed by atoms with Crippen molar-refractivity contribution in [1.29, 1.82) is 0 Å². The summed E-state index contributed by atoms with van der Waals surface area (Å²) < 4.78 is 0.904. The molecule has 7 nitrogen and oxygen atoms in total. The van der Waals surface area contributed by atoms with Crippen LogP contribution in [0.15, 0.2) is 47.3 Å². The van der Waals surface area contributed by atoms with Crippen LogP contribution in [0.3, 0.4) is 0 Å². The van der Waals surface area contributed by atoms with Crippen molar-refractivity contribution in [3.8, 4) is 0 Å². The first-order valence-corrected chi connectivity index (χ1v) is 9.10. The number of aryl methyl sites for hydroxylation is 2. The lowest BCUT2D eigenvalue weighted by atomic mass is 10.0. The number of hydrogen-bond acceptors (Lipinski definition) is 4. The third kappa shape index (κ3) is 3.64. The molecule has 0 spiro atoms. The fourth-order valence-corrected chi connectivity index (χ4v) is 3.22. The van der Waals surface area contributed by atoms with Crippen LogP contribution in [0.25, 0.3) is 10.8 Å². The number of carbonyl (C=O) groups excluding carboxylic acids is 1. The fourth-order valence-electron chi connectivity index (χ4n) is 3.22. The van der Waals surface area contributed by atoms with Crippen LogP contribution in [-0.4, -0.2) is 26.8 Å². The number of amides is 1. The molecular weight excluding hydrogens is 358 g/mol. The number of nitrogens with zero attached hydrogens (tertiary/aromatic N) is 2. The second-order valence-corrected chi connectivity index (χ2v) is 6.37. The largest absolute Gasteiger partial charge is 0.476 e. The lowest BCUT2D eigenvalue weighted by molar-refractivity contribution is -0.117. The van der Waals surface area contributed by atoms with Gasteiger partial charge in [-0.2, -0.15) is 5.10 Å². The van der Waals surface area contributed by atoms with Crippen LogP contribution in [0.5, 0.6) is 0 Å². The monoisotopic (exact) mass is 379 g/mol. The van der Waals surface area contributed by atoms with Crippen LogP contribution in [0.2, 0.25) is 0 Å². The molecule has 7 heteroatoms. The predicted molar refractivity (Wildman–Crippen MR) is 107 cm³/mol. The van der Waals surface area contributed by atoms with Crippen molar-refractivity contribution in [1.82, 2.24) is 9.78 Å². The molecule has 2 N–H and O–H groups in total. The molecule has 28 heavy (non-hydrogen) atoms. The number of carbonyl (C=O) groups is 2. The van der Waals surface area contributed by atoms with Gasteiger partial charge in [0, 0.05) is 11.1 Å². The van der Waals surface area contributed by atoms with Crippen LogP contribution in [-0.2, 0) is 24.2 Å². The number of carboxylic acid groups (broad SMARTS) is 1. The summed E-state index contributed by atoms with van der Waals surface area (Å²) in [4.78, 5) is 36.8. The smallest absolute Gasteiger partial charge is 0.357 e. The molecule has 0 aliphatic heterocycles. The van der Waals surface area contributed by atoms with Crippen molar-refractivity contribution >= 4 is 28.3 Å². The Balaban J connectivity index is 1.98. The summed E-state index contributed by atoms with van der Waals surface area (Å²) in [7, 11) is 0. The number of nitrogens with one attached hydrogen (secondary N) is 1. The zero-order valence-corrected chi connectivity index (χ0v) is 15.7. The standard InChI is InChI=1S/C21H21N3O4/c1-3-13-8-7-9-14(4-2)18(13)22-17(25)12-24-20(26)16-11-6-5-10-15(16)19(23-24)21(27)28/h5-11H,3-4,12H2,1-2H3,(H,22,25)(H,27,28). The molecule has 3 rings (SSSR count). The highest BCUT2D eigenvalue weighted by Gasteiger charge is 2.18. The molecule has 0 bridgehead atoms. The highest BCUT2D eigenvalue weighted by molar-refractivity contribution is 6.01. The molecule has 1 aromatic heterocycles. The average molecular weight is 379 g/mol. The van der Waals surface area contributed by atoms with Gasteiger partial charge in [0.25, 0.3) is 5.56 Å². The predicted octanol–water partition coefficient (Wildman–Crippen LogP) is 2.86. The Bertz CT molecular complexity index is 1100. The summed E-state index contributed by atoms with van der Waals surface area (Å²) in [6.07, 6.45) is 1.50. The first kappa shape index (κ1) is 19.3. The molecule has 3 aromatic rings. The Morgan fingerprint density at radius 1 is 1.00 bits per heavy atom. The van der Waals surface area contributed by atoms with Crippen molar-refractivity contribution in [2.75, 3.05) is 5.32 Å². The normalized spacial score (nSPS) is 10.8. The molecule has 0 atom stereocenters. The number of fused-ring (bicyclic) bond motifs is 1. The van der Waals surface area contributed by atoms with Gasteiger partial charge in [-0.3, -0.25) is 9.59 Å². The molecule has 0 saturated heterocycles. The maximum atomic E-state index is 12.7. The zero-order chi connectivity index (χ0) is 20.3. The van der Waals surface area contributed by atoms with Crippen molar-refractivity contribution in [2.45, 2.75) is 33.2 Å². The number of carboxylic acids is 1. The molecule has 144 valence electrons. The summed E-state index contributed by atoms with van der Waals surface area (Å²) >= 11 is 0. The third-order valence-corrected chi connectivity index (χ3v) is 4.63. The lowest BCUT2D eigenvalue weighted by Gasteiger charge is -2.15. The fraction of sp³-hybridized carbons (Fsp3) is 0.238. The summed E-state index contributed by atoms with van der Waals surface area (Å²) in [6.45, 7) is 3.63. The van der Waals surface area contributed by atoms with Gasteiger partial charge in [-0.05, 0) is 30.0 Å². The van der Waals surface area contributed by atoms with Gasteiger partial charge in [-0.1, -0.05) is 50.2 Å². The van der Waals surface area contributed by atoms with E-state index in [1.165, 1.54) is 12.1 Å². The SMILES string of the molecule is CCc1cccc(CC)c1NC(=O)Cn1nc(C(=O)O)c2ccccc2c1=O. The molecule has 1 heterocycles. The Morgan fingerprint density at radius 3 is 2.18 bits per heavy atom. The van der Waals surface area contributed by atoms with E-state index in [0.29, 0.717) is 0 Å². The lowest BCUT2D eigenvalue weighted by Crippen LogP contribution is -2.31. The van der Waals surface area contributed by atoms with Crippen LogP contribution < -0.4 is 10.9 Å². The number of aromatic nitrogens is 2. The maximum absolute atomic E-state index is 12.7. The van der Waals surface area contributed by atoms with Gasteiger partial charge < -0.3 is 10.4 Å². The summed E-state index contributed by atoms with van der Waals surface area (Å²) in [5, 5.41) is 16.7. The Kier molecular flexibility index (Phi) is 5.54. The Labute approximate surface area is 161 Å². The summed E-state index contributed by atoms with van der Waals surface area (Å²) in [5.41, 5.74) is 1.97. The quantitative estimate of drug-likeness (QED) is 0.686. The molecule has 0 radical (unpaired) electrons. The number of rotatable bonds is 6. The van der Waals surface area contributed by atoms with Gasteiger partial charge in [0.05, 0.1) is 5.39 Å². The average Bonchev–Trinajstić information content (AvgIpc) is 2.70. The van der Waals surface area contributed by atoms with Gasteiger partial charge in [-0.15, -0.1) is 0 Å². The van der Waals surface area contributed by atoms with Crippen molar-refractivity contribution in [3.63, 3.8) is 0 Å². The Hall–Kier alpha value is -3.48. The van der Waals surface area contributed by atoms with E-state index in [4.69, 9.17) is 0 Å². The van der Waals surface area contributed by atoms with E-state index in [1.807, 2.05) is 32.0 Å². The molecular formula is C21H21N3O4. The van der Waals surface area contributed by atoms with Gasteiger partial charge in [0.15, 0.2) is 5.69 Å². The van der Waals surface area contributed by atoms with E-state index >= 15 is 0 Å². The van der Waals surface area contributed by atoms with Gasteiger partial charge in [-0.25, -0.2) is 9.48 Å². The first-order chi connectivity index (χ1) is 13.5. The van der Waals surface area contributed by atoms with E-state index in [9.17, 15) is 19.5 Å². The minimum absolute atomic E-state index is 0.214. The van der Waals surface area contributed by atoms with E-state index < -0.39 is 17.4 Å². The first-order valence-electron chi connectivity index (χ1n) is 9.10. The highest BCUT2D eigenvalue weighted by atomic mass is 16.4. The van der Waals surface area contributed by atoms with E-state index in [0.717, 1.165) is 34.3 Å². The van der Waals surface area contributed by atoms with Crippen LogP contribution >= 0.6 is 0 Å². The minimum atomic E-state index is -1.25. The number of hydrogen-bond donors (Lipinski definition) is 2. The van der Waals surface area contributed by atoms with E-state index in [-0.39, 0.29) is 23.0 Å². The second-order valence-electron chi connectivity index (χ2n) is 6.37. The molecule has 1 amide bonds. The molecule has 0 aliphatic carbocycles. The molecule has 0 saturated carbocycles.